The van der Waals surface area contributed by atoms with Gasteiger partial charge in [0.15, 0.2) is 56.5 Å². The Labute approximate surface area is 497 Å². The summed E-state index contributed by atoms with van der Waals surface area (Å²) in [4.78, 5) is 48.4. The van der Waals surface area contributed by atoms with Crippen LogP contribution in [-0.2, 0) is 53.4 Å². The first-order chi connectivity index (χ1) is 39.4. The number of hydrogen-bond donors (Lipinski definition) is 7. The highest BCUT2D eigenvalue weighted by atomic mass is 79.9. The van der Waals surface area contributed by atoms with Crippen LogP contribution >= 0.6 is 30.5 Å². The van der Waals surface area contributed by atoms with E-state index in [4.69, 9.17) is 51.2 Å². The number of anilines is 1. The first-order valence-corrected chi connectivity index (χ1v) is 36.8. The van der Waals surface area contributed by atoms with Crippen LogP contribution < -0.4 is 47.7 Å². The lowest BCUT2D eigenvalue weighted by Gasteiger charge is -2.17. The fourth-order valence-corrected chi connectivity index (χ4v) is 11.2. The average Bonchev–Trinajstić information content (AvgIpc) is 2.90. The maximum Gasteiger partial charge on any atom is 0.361 e. The number of carbonyl (C=O) groups is 2. The van der Waals surface area contributed by atoms with Crippen molar-refractivity contribution >= 4 is 109 Å². The van der Waals surface area contributed by atoms with Crippen LogP contribution in [0.1, 0.15) is 44.4 Å². The van der Waals surface area contributed by atoms with Crippen molar-refractivity contribution in [2.75, 3.05) is 17.9 Å². The molecule has 0 spiro atoms. The summed E-state index contributed by atoms with van der Waals surface area (Å²) in [6.07, 6.45) is 2.38. The molecule has 0 bridgehead atoms. The van der Waals surface area contributed by atoms with Crippen LogP contribution in [-0.4, -0.2) is 70.3 Å². The molecular formula is C54H60BrF4N7O14P2S2Si. The summed E-state index contributed by atoms with van der Waals surface area (Å²) >= 11 is 3.51. The number of hydrogen-bond acceptors (Lipinski definition) is 12. The van der Waals surface area contributed by atoms with E-state index in [1.165, 1.54) is 111 Å². The van der Waals surface area contributed by atoms with Crippen molar-refractivity contribution in [2.45, 2.75) is 62.9 Å². The van der Waals surface area contributed by atoms with Gasteiger partial charge in [-0.3, -0.25) is 23.4 Å². The number of rotatable bonds is 20. The number of aliphatic imine (C=N–C) groups is 2. The van der Waals surface area contributed by atoms with Gasteiger partial charge in [0.25, 0.3) is 21.8 Å². The highest BCUT2D eigenvalue weighted by molar-refractivity contribution is 9.26. The van der Waals surface area contributed by atoms with Crippen molar-refractivity contribution in [1.29, 1.82) is 0 Å². The zero-order chi connectivity index (χ0) is 63.8. The number of halogens is 5. The molecule has 0 aromatic heterocycles. The van der Waals surface area contributed by atoms with Gasteiger partial charge in [-0.05, 0) is 166 Å². The monoisotopic (exact) mass is 1340 g/mol. The second-order valence-electron chi connectivity index (χ2n) is 18.6. The summed E-state index contributed by atoms with van der Waals surface area (Å²) in [5.41, 5.74) is 21.2. The lowest BCUT2D eigenvalue weighted by molar-refractivity contribution is -0.115. The Morgan fingerprint density at radius 2 is 0.965 bits per heavy atom. The van der Waals surface area contributed by atoms with Crippen molar-refractivity contribution < 1.29 is 81.4 Å². The second-order valence-corrected chi connectivity index (χ2v) is 37.2. The Hall–Kier alpha value is -7.30. The molecule has 6 rings (SSSR count). The molecule has 0 aliphatic carbocycles. The minimum Gasteiger partial charge on any atom is -0.451 e. The Kier molecular flexibility index (Phi) is 24.9. The summed E-state index contributed by atoms with van der Waals surface area (Å²) in [6.45, 7) is 12.3. The topological polar surface area (TPSA) is 355 Å². The first-order valence-electron chi connectivity index (χ1n) is 24.7. The van der Waals surface area contributed by atoms with Gasteiger partial charge in [-0.1, -0.05) is 31.8 Å². The molecular weight excluding hydrogens is 1280 g/mol. The molecule has 0 unspecified atom stereocenters. The van der Waals surface area contributed by atoms with E-state index in [2.05, 4.69) is 49.6 Å². The number of ether oxygens (including phenoxy) is 2. The molecule has 6 aromatic carbocycles. The van der Waals surface area contributed by atoms with Crippen molar-refractivity contribution in [1.82, 2.24) is 0 Å². The van der Waals surface area contributed by atoms with Crippen LogP contribution in [0.2, 0.25) is 19.6 Å². The Bertz CT molecular complexity index is 3790. The van der Waals surface area contributed by atoms with Gasteiger partial charge in [-0.15, -0.1) is 15.3 Å². The van der Waals surface area contributed by atoms with E-state index in [0.717, 1.165) is 36.4 Å². The number of amides is 2. The molecule has 0 atom stereocenters. The molecule has 31 heteroatoms. The van der Waals surface area contributed by atoms with Crippen LogP contribution in [0, 0.1) is 23.3 Å². The quantitative estimate of drug-likeness (QED) is 0.00711. The molecule has 6 aromatic rings. The molecule has 2 amide bonds. The third-order valence-electron chi connectivity index (χ3n) is 10.4. The minimum absolute atomic E-state index is 0.0132. The van der Waals surface area contributed by atoms with E-state index in [0.29, 0.717) is 5.56 Å². The van der Waals surface area contributed by atoms with Crippen LogP contribution in [0.4, 0.5) is 23.2 Å². The molecule has 0 saturated heterocycles. The van der Waals surface area contributed by atoms with Crippen LogP contribution in [0.15, 0.2) is 152 Å². The summed E-state index contributed by atoms with van der Waals surface area (Å²) in [5.74, 6) is -8.75. The van der Waals surface area contributed by atoms with Gasteiger partial charge in [-0.2, -0.15) is 9.98 Å². The number of carbonyl (C=O) groups excluding carboxylic acids is 2. The van der Waals surface area contributed by atoms with E-state index in [1.54, 1.807) is 13.8 Å². The predicted octanol–water partition coefficient (Wildman–Crippen LogP) is 9.61. The Balaban J connectivity index is 0.000000339. The molecule has 0 saturated carbocycles. The van der Waals surface area contributed by atoms with Gasteiger partial charge < -0.3 is 51.2 Å². The van der Waals surface area contributed by atoms with Gasteiger partial charge in [0.05, 0.1) is 39.4 Å². The fourth-order valence-electron chi connectivity index (χ4n) is 6.73. The number of nitrogens with one attached hydrogen (secondary N) is 1. The van der Waals surface area contributed by atoms with E-state index in [1.807, 2.05) is 0 Å². The number of nitrogens with two attached hydrogens (primary N) is 4. The van der Waals surface area contributed by atoms with E-state index < -0.39 is 106 Å². The third kappa shape index (κ3) is 22.2. The molecule has 85 heavy (non-hydrogen) atoms. The minimum atomic E-state index is -4.45. The number of sulfonamides is 1. The predicted molar refractivity (Wildman–Crippen MR) is 324 cm³/mol. The summed E-state index contributed by atoms with van der Waals surface area (Å²) in [7, 11) is -15.9. The molecule has 0 heterocycles. The SMILES string of the molecule is C/C(=C\c1cc(F)c(Oc2ccc(S(=O)(=O)Cc3ccc(P(=O)(O)O)cc3)cc2)c(F)c1)C(=O)N=C(N)N.CCOP(=O)(OCC)c1ccc(NS(=O)(=O)c2ccc(Oc3c(F)cc(/C=C(\C)C(=O)N=C(N)N)cc3F)cc2)cc1.C[Si](C)(C)Br. The molecule has 11 N–H and O–H groups in total. The number of benzene rings is 6. The Morgan fingerprint density at radius 3 is 1.31 bits per heavy atom. The summed E-state index contributed by atoms with van der Waals surface area (Å²) in [6, 6.07) is 24.0. The van der Waals surface area contributed by atoms with Gasteiger partial charge in [-0.25, -0.2) is 34.4 Å². The van der Waals surface area contributed by atoms with Gasteiger partial charge in [0.2, 0.25) is 0 Å². The van der Waals surface area contributed by atoms with E-state index >= 15 is 0 Å². The molecule has 0 fully saturated rings. The van der Waals surface area contributed by atoms with Crippen molar-refractivity contribution in [2.24, 2.45) is 32.9 Å². The first kappa shape index (κ1) is 70.2. The lowest BCUT2D eigenvalue weighted by Crippen LogP contribution is -2.24. The molecule has 0 aliphatic rings. The number of sulfone groups is 1. The third-order valence-corrected chi connectivity index (χ3v) is 16.6. The summed E-state index contributed by atoms with van der Waals surface area (Å²) in [5, 5.41) is 0.0342. The maximum absolute atomic E-state index is 14.7. The highest BCUT2D eigenvalue weighted by Gasteiger charge is 2.27. The highest BCUT2D eigenvalue weighted by Crippen LogP contribution is 2.47. The van der Waals surface area contributed by atoms with Crippen LogP contribution in [0.3, 0.4) is 0 Å². The normalized spacial score (nSPS) is 12.1. The van der Waals surface area contributed by atoms with Crippen molar-refractivity contribution in [3.05, 3.63) is 172 Å². The van der Waals surface area contributed by atoms with Crippen molar-refractivity contribution in [3.8, 4) is 23.0 Å². The smallest absolute Gasteiger partial charge is 0.361 e. The zero-order valence-corrected chi connectivity index (χ0v) is 52.4. The van der Waals surface area contributed by atoms with E-state index in [9.17, 15) is 53.1 Å². The van der Waals surface area contributed by atoms with Crippen LogP contribution in [0.25, 0.3) is 12.2 Å². The van der Waals surface area contributed by atoms with E-state index in [-0.39, 0.29) is 73.1 Å². The van der Waals surface area contributed by atoms with Gasteiger partial charge in [0, 0.05) is 16.8 Å². The largest absolute Gasteiger partial charge is 0.451 e. The lowest BCUT2D eigenvalue weighted by atomic mass is 10.1. The van der Waals surface area contributed by atoms with Gasteiger partial charge >= 0.3 is 15.2 Å². The van der Waals surface area contributed by atoms with Gasteiger partial charge in [0.1, 0.15) is 18.2 Å². The molecule has 456 valence electrons. The summed E-state index contributed by atoms with van der Waals surface area (Å²) < 4.78 is 157. The number of nitrogens with zero attached hydrogens (tertiary/aromatic N) is 2. The average molecular weight is 1340 g/mol. The Morgan fingerprint density at radius 1 is 0.612 bits per heavy atom. The van der Waals surface area contributed by atoms with Crippen LogP contribution in [0.5, 0.6) is 23.0 Å². The second kappa shape index (κ2) is 30.2. The molecule has 21 nitrogen and oxygen atoms in total. The molecule has 0 aliphatic heterocycles. The maximum atomic E-state index is 14.7. The van der Waals surface area contributed by atoms with Crippen molar-refractivity contribution in [3.63, 3.8) is 0 Å². The zero-order valence-electron chi connectivity index (χ0n) is 46.4. The standard InChI is InChI=1S/C27H29F2N4O7PS.C24H22F2N3O7PS.C3H9BrSi/c1-4-38-41(35,39-5-2)21-10-6-19(7-11-21)33-42(36,37)22-12-8-20(9-13-22)40-25-23(28)15-18(16-24(25)29)14-17(3)26(34)32-27(30)31;1-14(23(30)29-24(27)28)10-16-11-20(25)22(21(26)12-16)36-17-4-8-19(9-5-17)38(34,35)13-15-2-6-18(7-3-15)37(31,32)33;1-5(2,3)4/h6-16,33H,4-5H2,1-3H3,(H4,30,31,32,34);2-12H,13H2,1H3,(H2,31,32,33)(H4,27,28,29,30);1-3H3/b17-14+;14-10+;. The number of guanidine groups is 2. The fraction of sp³-hybridized carbons (Fsp3) is 0.185. The molecule has 0 radical (unpaired) electrons.